The fourth-order valence-electron chi connectivity index (χ4n) is 2.14. The number of hydrogen-bond acceptors (Lipinski definition) is 4. The molecule has 1 fully saturated rings. The first-order valence-electron chi connectivity index (χ1n) is 6.38. The van der Waals surface area contributed by atoms with Crippen molar-refractivity contribution in [3.8, 4) is 0 Å². The summed E-state index contributed by atoms with van der Waals surface area (Å²) >= 11 is 0. The number of guanidine groups is 1. The molecule has 0 aromatic rings. The topological polar surface area (TPSA) is 87.8 Å². The Kier molecular flexibility index (Phi) is 5.87. The second-order valence-electron chi connectivity index (χ2n) is 4.71. The quantitative estimate of drug-likeness (QED) is 0.500. The summed E-state index contributed by atoms with van der Waals surface area (Å²) in [6.45, 7) is 5.33. The zero-order valence-corrected chi connectivity index (χ0v) is 12.0. The highest BCUT2D eigenvalue weighted by atomic mass is 32.2. The lowest BCUT2D eigenvalue weighted by Gasteiger charge is -2.20. The number of nitrogens with two attached hydrogens (primary N) is 1. The smallest absolute Gasteiger partial charge is 0.188 e. The van der Waals surface area contributed by atoms with Crippen molar-refractivity contribution in [2.24, 2.45) is 10.7 Å². The zero-order chi connectivity index (χ0) is 13.6. The standard InChI is InChI=1S/C11H24N4O2S/c1-3-15-7-4-5-10(15)9-14-11(12)13-6-8-18(2,16)17/h10H,3-9H2,1-2H3,(H3,12,13,14). The lowest BCUT2D eigenvalue weighted by Crippen LogP contribution is -2.37. The molecule has 0 spiro atoms. The van der Waals surface area contributed by atoms with Gasteiger partial charge in [-0.05, 0) is 25.9 Å². The molecule has 0 bridgehead atoms. The third-order valence-corrected chi connectivity index (χ3v) is 4.10. The van der Waals surface area contributed by atoms with Gasteiger partial charge >= 0.3 is 0 Å². The lowest BCUT2D eigenvalue weighted by atomic mass is 10.2. The van der Waals surface area contributed by atoms with Crippen molar-refractivity contribution in [1.82, 2.24) is 10.2 Å². The molecule has 1 rings (SSSR count). The first kappa shape index (κ1) is 15.2. The summed E-state index contributed by atoms with van der Waals surface area (Å²) in [4.78, 5) is 6.67. The van der Waals surface area contributed by atoms with E-state index in [0.717, 1.165) is 19.5 Å². The van der Waals surface area contributed by atoms with Crippen LogP contribution in [0.2, 0.25) is 0 Å². The van der Waals surface area contributed by atoms with Crippen LogP contribution in [0, 0.1) is 0 Å². The fourth-order valence-corrected chi connectivity index (χ4v) is 2.62. The summed E-state index contributed by atoms with van der Waals surface area (Å²) in [7, 11) is -2.94. The Labute approximate surface area is 110 Å². The first-order chi connectivity index (χ1) is 8.42. The molecule has 1 atom stereocenters. The van der Waals surface area contributed by atoms with Crippen molar-refractivity contribution in [3.05, 3.63) is 0 Å². The van der Waals surface area contributed by atoms with Crippen LogP contribution in [-0.2, 0) is 9.84 Å². The summed E-state index contributed by atoms with van der Waals surface area (Å²) < 4.78 is 21.9. The van der Waals surface area contributed by atoms with E-state index in [1.165, 1.54) is 12.7 Å². The van der Waals surface area contributed by atoms with Crippen molar-refractivity contribution < 1.29 is 8.42 Å². The monoisotopic (exact) mass is 276 g/mol. The number of nitrogens with zero attached hydrogens (tertiary/aromatic N) is 2. The van der Waals surface area contributed by atoms with Gasteiger partial charge in [-0.1, -0.05) is 6.92 Å². The van der Waals surface area contributed by atoms with Crippen LogP contribution in [0.4, 0.5) is 0 Å². The van der Waals surface area contributed by atoms with Gasteiger partial charge in [0.15, 0.2) is 5.96 Å². The van der Waals surface area contributed by atoms with Gasteiger partial charge < -0.3 is 11.1 Å². The van der Waals surface area contributed by atoms with Gasteiger partial charge in [-0.3, -0.25) is 9.89 Å². The number of hydrogen-bond donors (Lipinski definition) is 2. The highest BCUT2D eigenvalue weighted by Gasteiger charge is 2.22. The van der Waals surface area contributed by atoms with Crippen molar-refractivity contribution in [1.29, 1.82) is 0 Å². The van der Waals surface area contributed by atoms with Gasteiger partial charge in [0.25, 0.3) is 0 Å². The van der Waals surface area contributed by atoms with Gasteiger partial charge in [0.05, 0.1) is 12.3 Å². The average Bonchev–Trinajstić information content (AvgIpc) is 2.71. The summed E-state index contributed by atoms with van der Waals surface area (Å²) in [5.74, 6) is 0.412. The zero-order valence-electron chi connectivity index (χ0n) is 11.2. The first-order valence-corrected chi connectivity index (χ1v) is 8.44. The number of likely N-dealkylation sites (tertiary alicyclic amines) is 1. The molecule has 1 aliphatic heterocycles. The summed E-state index contributed by atoms with van der Waals surface area (Å²) in [6, 6.07) is 0.477. The van der Waals surface area contributed by atoms with Crippen LogP contribution in [-0.4, -0.2) is 63.5 Å². The Balaban J connectivity index is 2.29. The molecule has 0 aromatic carbocycles. The van der Waals surface area contributed by atoms with E-state index in [9.17, 15) is 8.42 Å². The Morgan fingerprint density at radius 1 is 1.56 bits per heavy atom. The number of nitrogens with one attached hydrogen (secondary N) is 1. The molecule has 1 heterocycles. The maximum atomic E-state index is 10.9. The molecule has 0 saturated carbocycles. The van der Waals surface area contributed by atoms with Crippen LogP contribution in [0.3, 0.4) is 0 Å². The van der Waals surface area contributed by atoms with Gasteiger partial charge in [0, 0.05) is 18.8 Å². The molecule has 7 heteroatoms. The number of rotatable bonds is 6. The lowest BCUT2D eigenvalue weighted by molar-refractivity contribution is 0.273. The predicted octanol–water partition coefficient (Wildman–Crippen LogP) is -0.580. The van der Waals surface area contributed by atoms with Gasteiger partial charge in [-0.2, -0.15) is 0 Å². The molecule has 1 saturated heterocycles. The minimum Gasteiger partial charge on any atom is -0.370 e. The molecular weight excluding hydrogens is 252 g/mol. The van der Waals surface area contributed by atoms with E-state index in [1.807, 2.05) is 0 Å². The summed E-state index contributed by atoms with van der Waals surface area (Å²) in [6.07, 6.45) is 3.59. The van der Waals surface area contributed by atoms with Crippen molar-refractivity contribution in [2.75, 3.05) is 38.2 Å². The molecule has 0 radical (unpaired) electrons. The minimum absolute atomic E-state index is 0.0771. The van der Waals surface area contributed by atoms with Crippen molar-refractivity contribution in [2.45, 2.75) is 25.8 Å². The highest BCUT2D eigenvalue weighted by molar-refractivity contribution is 7.90. The van der Waals surface area contributed by atoms with E-state index in [0.29, 0.717) is 25.1 Å². The van der Waals surface area contributed by atoms with Crippen molar-refractivity contribution >= 4 is 15.8 Å². The number of likely N-dealkylation sites (N-methyl/N-ethyl adjacent to an activating group) is 1. The SMILES string of the molecule is CCN1CCCC1CN=C(N)NCCS(C)(=O)=O. The largest absolute Gasteiger partial charge is 0.370 e. The Morgan fingerprint density at radius 3 is 2.89 bits per heavy atom. The van der Waals surface area contributed by atoms with Gasteiger partial charge in [-0.25, -0.2) is 8.42 Å². The Bertz CT molecular complexity index is 381. The average molecular weight is 276 g/mol. The third kappa shape index (κ3) is 5.68. The number of sulfone groups is 1. The maximum absolute atomic E-state index is 10.9. The van der Waals surface area contributed by atoms with Crippen LogP contribution in [0.5, 0.6) is 0 Å². The molecule has 1 aliphatic rings. The fraction of sp³-hybridized carbons (Fsp3) is 0.909. The van der Waals surface area contributed by atoms with Gasteiger partial charge in [0.2, 0.25) is 0 Å². The molecule has 1 unspecified atom stereocenters. The van der Waals surface area contributed by atoms with E-state index in [-0.39, 0.29) is 5.75 Å². The third-order valence-electron chi connectivity index (χ3n) is 3.16. The van der Waals surface area contributed by atoms with Crippen LogP contribution < -0.4 is 11.1 Å². The van der Waals surface area contributed by atoms with Gasteiger partial charge in [0.1, 0.15) is 9.84 Å². The van der Waals surface area contributed by atoms with E-state index in [4.69, 9.17) is 5.73 Å². The van der Waals surface area contributed by atoms with E-state index >= 15 is 0 Å². The molecule has 3 N–H and O–H groups in total. The van der Waals surface area contributed by atoms with Gasteiger partial charge in [-0.15, -0.1) is 0 Å². The minimum atomic E-state index is -2.94. The van der Waals surface area contributed by atoms with Crippen LogP contribution in [0.25, 0.3) is 0 Å². The second kappa shape index (κ2) is 6.94. The van der Waals surface area contributed by atoms with Crippen LogP contribution in [0.1, 0.15) is 19.8 Å². The van der Waals surface area contributed by atoms with Crippen LogP contribution >= 0.6 is 0 Å². The predicted molar refractivity (Wildman–Crippen MR) is 74.5 cm³/mol. The molecule has 18 heavy (non-hydrogen) atoms. The summed E-state index contributed by atoms with van der Waals surface area (Å²) in [5, 5.41) is 2.83. The summed E-state index contributed by atoms with van der Waals surface area (Å²) in [5.41, 5.74) is 5.69. The molecule has 0 aromatic heterocycles. The van der Waals surface area contributed by atoms with Crippen molar-refractivity contribution in [3.63, 3.8) is 0 Å². The number of aliphatic imine (C=N–C) groups is 1. The Hall–Kier alpha value is -0.820. The molecule has 0 aliphatic carbocycles. The highest BCUT2D eigenvalue weighted by Crippen LogP contribution is 2.16. The Morgan fingerprint density at radius 2 is 2.28 bits per heavy atom. The van der Waals surface area contributed by atoms with E-state index in [2.05, 4.69) is 22.1 Å². The van der Waals surface area contributed by atoms with E-state index < -0.39 is 9.84 Å². The van der Waals surface area contributed by atoms with Crippen LogP contribution in [0.15, 0.2) is 4.99 Å². The molecular formula is C11H24N4O2S. The molecule has 0 amide bonds. The second-order valence-corrected chi connectivity index (χ2v) is 6.97. The maximum Gasteiger partial charge on any atom is 0.188 e. The molecule has 6 nitrogen and oxygen atoms in total. The normalized spacial score (nSPS) is 22.3. The molecule has 106 valence electrons. The van der Waals surface area contributed by atoms with E-state index in [1.54, 1.807) is 0 Å².